The Morgan fingerprint density at radius 3 is 2.37 bits per heavy atom. The van der Waals surface area contributed by atoms with Gasteiger partial charge in [-0.05, 0) is 49.2 Å². The van der Waals surface area contributed by atoms with Gasteiger partial charge in [0.25, 0.3) is 0 Å². The molecule has 2 aromatic carbocycles. The Labute approximate surface area is 112 Å². The molecule has 0 bridgehead atoms. The predicted molar refractivity (Wildman–Crippen MR) is 74.3 cm³/mol. The van der Waals surface area contributed by atoms with Crippen LogP contribution in [0.5, 0.6) is 0 Å². The third kappa shape index (κ3) is 3.11. The van der Waals surface area contributed by atoms with Gasteiger partial charge >= 0.3 is 0 Å². The molecule has 1 atom stereocenters. The summed E-state index contributed by atoms with van der Waals surface area (Å²) >= 11 is 0. The summed E-state index contributed by atoms with van der Waals surface area (Å²) in [5, 5.41) is 12.4. The zero-order valence-electron chi connectivity index (χ0n) is 10.9. The van der Waals surface area contributed by atoms with Crippen molar-refractivity contribution in [2.24, 2.45) is 0 Å². The van der Waals surface area contributed by atoms with E-state index in [1.165, 1.54) is 17.7 Å². The van der Waals surface area contributed by atoms with Crippen LogP contribution in [-0.2, 0) is 0 Å². The molecule has 0 spiro atoms. The molecule has 0 saturated heterocycles. The minimum Gasteiger partial charge on any atom is -0.366 e. The van der Waals surface area contributed by atoms with E-state index in [1.54, 1.807) is 12.1 Å². The Kier molecular flexibility index (Phi) is 3.82. The molecule has 0 aliphatic rings. The molecule has 0 amide bonds. The van der Waals surface area contributed by atoms with Gasteiger partial charge in [0.15, 0.2) is 0 Å². The van der Waals surface area contributed by atoms with Gasteiger partial charge in [-0.2, -0.15) is 5.26 Å². The Bertz CT molecular complexity index is 612. The van der Waals surface area contributed by atoms with Gasteiger partial charge < -0.3 is 5.32 Å². The lowest BCUT2D eigenvalue weighted by Gasteiger charge is -2.16. The van der Waals surface area contributed by atoms with Crippen molar-refractivity contribution in [3.05, 3.63) is 65.0 Å². The van der Waals surface area contributed by atoms with E-state index in [-0.39, 0.29) is 5.82 Å². The van der Waals surface area contributed by atoms with Gasteiger partial charge in [-0.25, -0.2) is 4.39 Å². The first-order valence-electron chi connectivity index (χ1n) is 6.09. The normalized spacial score (nSPS) is 11.7. The summed E-state index contributed by atoms with van der Waals surface area (Å²) in [5.74, 6) is -0.287. The number of aryl methyl sites for hydroxylation is 2. The molecule has 3 heteroatoms. The number of benzene rings is 2. The number of nitriles is 1. The monoisotopic (exact) mass is 254 g/mol. The number of anilines is 1. The van der Waals surface area contributed by atoms with Crippen molar-refractivity contribution < 1.29 is 4.39 Å². The zero-order chi connectivity index (χ0) is 13.8. The molecule has 0 heterocycles. The average molecular weight is 254 g/mol. The van der Waals surface area contributed by atoms with Gasteiger partial charge in [-0.3, -0.25) is 0 Å². The molecular formula is C16H15FN2. The van der Waals surface area contributed by atoms with Crippen LogP contribution in [0.4, 0.5) is 10.1 Å². The molecule has 0 aliphatic heterocycles. The Balaban J connectivity index is 2.25. The maximum absolute atomic E-state index is 12.8. The lowest BCUT2D eigenvalue weighted by Crippen LogP contribution is -2.10. The highest BCUT2D eigenvalue weighted by Gasteiger charge is 2.12. The van der Waals surface area contributed by atoms with Gasteiger partial charge in [-0.15, -0.1) is 0 Å². The van der Waals surface area contributed by atoms with E-state index in [1.807, 2.05) is 32.0 Å². The van der Waals surface area contributed by atoms with Crippen molar-refractivity contribution in [3.8, 4) is 6.07 Å². The lowest BCUT2D eigenvalue weighted by atomic mass is 10.00. The number of nitrogens with zero attached hydrogens (tertiary/aromatic N) is 1. The minimum absolute atomic E-state index is 0.287. The summed E-state index contributed by atoms with van der Waals surface area (Å²) in [6.07, 6.45) is 0. The SMILES string of the molecule is Cc1ccc(C(C#N)Nc2ccc(F)cc2)c(C)c1. The first kappa shape index (κ1) is 13.1. The Morgan fingerprint density at radius 2 is 1.79 bits per heavy atom. The van der Waals surface area contributed by atoms with E-state index in [0.717, 1.165) is 16.8 Å². The van der Waals surface area contributed by atoms with Gasteiger partial charge in [0, 0.05) is 5.69 Å². The van der Waals surface area contributed by atoms with Crippen molar-refractivity contribution in [3.63, 3.8) is 0 Å². The predicted octanol–water partition coefficient (Wildman–Crippen LogP) is 4.12. The highest BCUT2D eigenvalue weighted by Crippen LogP contribution is 2.23. The average Bonchev–Trinajstić information content (AvgIpc) is 2.39. The number of hydrogen-bond acceptors (Lipinski definition) is 2. The van der Waals surface area contributed by atoms with Crippen LogP contribution in [-0.4, -0.2) is 0 Å². The Morgan fingerprint density at radius 1 is 1.11 bits per heavy atom. The van der Waals surface area contributed by atoms with Crippen LogP contribution in [0.1, 0.15) is 22.7 Å². The third-order valence-corrected chi connectivity index (χ3v) is 3.02. The smallest absolute Gasteiger partial charge is 0.140 e. The van der Waals surface area contributed by atoms with Crippen molar-refractivity contribution in [1.29, 1.82) is 5.26 Å². The number of nitrogens with one attached hydrogen (secondary N) is 1. The van der Waals surface area contributed by atoms with Crippen LogP contribution in [0.2, 0.25) is 0 Å². The van der Waals surface area contributed by atoms with Crippen LogP contribution >= 0.6 is 0 Å². The molecule has 0 fully saturated rings. The molecule has 19 heavy (non-hydrogen) atoms. The summed E-state index contributed by atoms with van der Waals surface area (Å²) in [6.45, 7) is 4.00. The number of hydrogen-bond donors (Lipinski definition) is 1. The fraction of sp³-hybridized carbons (Fsp3) is 0.188. The van der Waals surface area contributed by atoms with Gasteiger partial charge in [0.2, 0.25) is 0 Å². The molecule has 96 valence electrons. The summed E-state index contributed by atoms with van der Waals surface area (Å²) in [4.78, 5) is 0. The van der Waals surface area contributed by atoms with E-state index in [9.17, 15) is 9.65 Å². The summed E-state index contributed by atoms with van der Waals surface area (Å²) in [6, 6.07) is 13.8. The summed E-state index contributed by atoms with van der Waals surface area (Å²) in [7, 11) is 0. The Hall–Kier alpha value is -2.34. The van der Waals surface area contributed by atoms with Crippen LogP contribution in [0.25, 0.3) is 0 Å². The zero-order valence-corrected chi connectivity index (χ0v) is 10.9. The van der Waals surface area contributed by atoms with Crippen LogP contribution in [0.15, 0.2) is 42.5 Å². The second-order valence-corrected chi connectivity index (χ2v) is 4.57. The molecule has 2 aromatic rings. The summed E-state index contributed by atoms with van der Waals surface area (Å²) in [5.41, 5.74) is 3.91. The highest BCUT2D eigenvalue weighted by molar-refractivity contribution is 5.49. The first-order valence-corrected chi connectivity index (χ1v) is 6.09. The molecule has 2 nitrogen and oxygen atoms in total. The van der Waals surface area contributed by atoms with Gasteiger partial charge in [0.1, 0.15) is 11.9 Å². The van der Waals surface area contributed by atoms with Crippen LogP contribution < -0.4 is 5.32 Å². The molecule has 0 saturated carbocycles. The maximum atomic E-state index is 12.8. The maximum Gasteiger partial charge on any atom is 0.140 e. The molecule has 0 radical (unpaired) electrons. The van der Waals surface area contributed by atoms with Gasteiger partial charge in [-0.1, -0.05) is 23.8 Å². The topological polar surface area (TPSA) is 35.8 Å². The van der Waals surface area contributed by atoms with E-state index < -0.39 is 6.04 Å². The summed E-state index contributed by atoms with van der Waals surface area (Å²) < 4.78 is 12.8. The second kappa shape index (κ2) is 5.53. The van der Waals surface area contributed by atoms with Crippen LogP contribution in [0, 0.1) is 31.0 Å². The lowest BCUT2D eigenvalue weighted by molar-refractivity contribution is 0.628. The van der Waals surface area contributed by atoms with E-state index in [2.05, 4.69) is 11.4 Å². The number of halogens is 1. The standard InChI is InChI=1S/C16H15FN2/c1-11-3-8-15(12(2)9-11)16(10-18)19-14-6-4-13(17)5-7-14/h3-9,16,19H,1-2H3. The fourth-order valence-electron chi connectivity index (χ4n) is 2.04. The molecular weight excluding hydrogens is 239 g/mol. The largest absolute Gasteiger partial charge is 0.366 e. The first-order chi connectivity index (χ1) is 9.10. The third-order valence-electron chi connectivity index (χ3n) is 3.02. The number of rotatable bonds is 3. The molecule has 1 N–H and O–H groups in total. The minimum atomic E-state index is -0.439. The van der Waals surface area contributed by atoms with Gasteiger partial charge in [0.05, 0.1) is 6.07 Å². The highest BCUT2D eigenvalue weighted by atomic mass is 19.1. The van der Waals surface area contributed by atoms with E-state index in [4.69, 9.17) is 0 Å². The van der Waals surface area contributed by atoms with Crippen molar-refractivity contribution >= 4 is 5.69 Å². The van der Waals surface area contributed by atoms with Crippen molar-refractivity contribution in [2.75, 3.05) is 5.32 Å². The molecule has 0 aromatic heterocycles. The molecule has 2 rings (SSSR count). The molecule has 1 unspecified atom stereocenters. The quantitative estimate of drug-likeness (QED) is 0.894. The molecule has 0 aliphatic carbocycles. The van der Waals surface area contributed by atoms with E-state index >= 15 is 0 Å². The fourth-order valence-corrected chi connectivity index (χ4v) is 2.04. The van der Waals surface area contributed by atoms with Crippen molar-refractivity contribution in [2.45, 2.75) is 19.9 Å². The van der Waals surface area contributed by atoms with Crippen molar-refractivity contribution in [1.82, 2.24) is 0 Å². The van der Waals surface area contributed by atoms with Crippen LogP contribution in [0.3, 0.4) is 0 Å². The second-order valence-electron chi connectivity index (χ2n) is 4.57. The van der Waals surface area contributed by atoms with E-state index in [0.29, 0.717) is 0 Å².